The normalized spacial score (nSPS) is 10.8. The first kappa shape index (κ1) is 18.5. The van der Waals surface area contributed by atoms with E-state index in [0.717, 1.165) is 10.0 Å². The van der Waals surface area contributed by atoms with Gasteiger partial charge in [0.25, 0.3) is 5.91 Å². The molecule has 1 N–H and O–H groups in total. The second-order valence-electron chi connectivity index (χ2n) is 5.97. The van der Waals surface area contributed by atoms with Gasteiger partial charge in [0.05, 0.1) is 5.56 Å². The molecule has 0 radical (unpaired) electrons. The smallest absolute Gasteiger partial charge is 0.262 e. The summed E-state index contributed by atoms with van der Waals surface area (Å²) in [6, 6.07) is 19.8. The zero-order valence-corrected chi connectivity index (χ0v) is 16.8. The molecular formula is C21H14BrClN2O3. The van der Waals surface area contributed by atoms with Crippen LogP contribution in [-0.4, -0.2) is 17.5 Å². The molecule has 3 aromatic carbocycles. The Kier molecular flexibility index (Phi) is 5.32. The van der Waals surface area contributed by atoms with Crippen LogP contribution in [0.1, 0.15) is 0 Å². The monoisotopic (exact) mass is 456 g/mol. The highest BCUT2D eigenvalue weighted by molar-refractivity contribution is 9.10. The van der Waals surface area contributed by atoms with E-state index in [2.05, 4.69) is 26.2 Å². The maximum absolute atomic E-state index is 12.1. The number of carbonyl (C=O) groups excluding carboxylic acids is 1. The highest BCUT2D eigenvalue weighted by Crippen LogP contribution is 2.30. The number of hydrogen-bond donors (Lipinski definition) is 1. The number of amides is 1. The summed E-state index contributed by atoms with van der Waals surface area (Å²) in [7, 11) is 0. The van der Waals surface area contributed by atoms with Crippen LogP contribution in [0.5, 0.6) is 5.75 Å². The number of fused-ring (bicyclic) bond motifs is 1. The van der Waals surface area contributed by atoms with Crippen molar-refractivity contribution in [2.45, 2.75) is 0 Å². The Labute approximate surface area is 174 Å². The highest BCUT2D eigenvalue weighted by Gasteiger charge is 2.12. The van der Waals surface area contributed by atoms with E-state index in [1.165, 1.54) is 0 Å². The number of ether oxygens (including phenoxy) is 1. The molecule has 1 aromatic heterocycles. The van der Waals surface area contributed by atoms with E-state index in [1.54, 1.807) is 42.5 Å². The molecule has 0 aliphatic carbocycles. The maximum Gasteiger partial charge on any atom is 0.262 e. The molecule has 1 heterocycles. The summed E-state index contributed by atoms with van der Waals surface area (Å²) >= 11 is 9.33. The molecule has 0 unspecified atom stereocenters. The molecule has 0 saturated heterocycles. The molecule has 0 aliphatic rings. The van der Waals surface area contributed by atoms with Crippen LogP contribution in [0.25, 0.3) is 22.6 Å². The van der Waals surface area contributed by atoms with Crippen molar-refractivity contribution in [1.82, 2.24) is 4.98 Å². The summed E-state index contributed by atoms with van der Waals surface area (Å²) in [6.45, 7) is -0.110. The first-order valence-corrected chi connectivity index (χ1v) is 9.59. The Balaban J connectivity index is 1.46. The van der Waals surface area contributed by atoms with E-state index in [1.807, 2.05) is 24.3 Å². The first-order chi connectivity index (χ1) is 13.6. The van der Waals surface area contributed by atoms with Crippen LogP contribution in [0, 0.1) is 0 Å². The number of anilines is 1. The topological polar surface area (TPSA) is 64.4 Å². The Morgan fingerprint density at radius 2 is 1.89 bits per heavy atom. The van der Waals surface area contributed by atoms with Crippen LogP contribution < -0.4 is 10.1 Å². The molecule has 140 valence electrons. The van der Waals surface area contributed by atoms with Crippen LogP contribution in [-0.2, 0) is 4.79 Å². The molecule has 1 amide bonds. The average Bonchev–Trinajstić information content (AvgIpc) is 3.11. The minimum absolute atomic E-state index is 0.110. The summed E-state index contributed by atoms with van der Waals surface area (Å²) in [4.78, 5) is 16.7. The zero-order chi connectivity index (χ0) is 19.5. The fourth-order valence-corrected chi connectivity index (χ4v) is 3.21. The van der Waals surface area contributed by atoms with Crippen molar-refractivity contribution in [2.75, 3.05) is 11.9 Å². The van der Waals surface area contributed by atoms with Gasteiger partial charge in [-0.1, -0.05) is 23.7 Å². The predicted octanol–water partition coefficient (Wildman–Crippen LogP) is 5.93. The van der Waals surface area contributed by atoms with E-state index in [0.29, 0.717) is 33.4 Å². The third kappa shape index (κ3) is 4.18. The van der Waals surface area contributed by atoms with Crippen molar-refractivity contribution in [1.29, 1.82) is 0 Å². The summed E-state index contributed by atoms with van der Waals surface area (Å²) < 4.78 is 12.2. The first-order valence-electron chi connectivity index (χ1n) is 8.42. The Bertz CT molecular complexity index is 1140. The van der Waals surface area contributed by atoms with Gasteiger partial charge in [0.2, 0.25) is 5.89 Å². The number of benzene rings is 3. The number of aromatic nitrogens is 1. The highest BCUT2D eigenvalue weighted by atomic mass is 79.9. The van der Waals surface area contributed by atoms with Gasteiger partial charge in [-0.25, -0.2) is 4.98 Å². The molecule has 5 nitrogen and oxygen atoms in total. The van der Waals surface area contributed by atoms with Crippen molar-refractivity contribution in [3.63, 3.8) is 0 Å². The van der Waals surface area contributed by atoms with Gasteiger partial charge in [0.15, 0.2) is 12.2 Å². The SMILES string of the molecule is O=C(COc1ccc(Cl)cc1)Nc1ccc2oc(-c3ccccc3Br)nc2c1. The van der Waals surface area contributed by atoms with Gasteiger partial charge >= 0.3 is 0 Å². The quantitative estimate of drug-likeness (QED) is 0.403. The van der Waals surface area contributed by atoms with Gasteiger partial charge in [-0.05, 0) is 70.5 Å². The van der Waals surface area contributed by atoms with Crippen LogP contribution in [0.2, 0.25) is 5.02 Å². The lowest BCUT2D eigenvalue weighted by atomic mass is 10.2. The number of rotatable bonds is 5. The Morgan fingerprint density at radius 1 is 1.11 bits per heavy atom. The van der Waals surface area contributed by atoms with E-state index >= 15 is 0 Å². The summed E-state index contributed by atoms with van der Waals surface area (Å²) in [6.07, 6.45) is 0. The summed E-state index contributed by atoms with van der Waals surface area (Å²) in [5, 5.41) is 3.41. The van der Waals surface area contributed by atoms with Gasteiger partial charge in [-0.2, -0.15) is 0 Å². The number of nitrogens with one attached hydrogen (secondary N) is 1. The van der Waals surface area contributed by atoms with Gasteiger partial charge in [-0.3, -0.25) is 4.79 Å². The molecule has 0 aliphatic heterocycles. The zero-order valence-electron chi connectivity index (χ0n) is 14.5. The van der Waals surface area contributed by atoms with Crippen molar-refractivity contribution < 1.29 is 13.9 Å². The van der Waals surface area contributed by atoms with E-state index in [4.69, 9.17) is 20.8 Å². The standard InChI is InChI=1S/C21H14BrClN2O3/c22-17-4-2-1-3-16(17)21-25-18-11-14(7-10-19(18)28-21)24-20(26)12-27-15-8-5-13(23)6-9-15/h1-11H,12H2,(H,24,26). The molecule has 7 heteroatoms. The predicted molar refractivity (Wildman–Crippen MR) is 113 cm³/mol. The van der Waals surface area contributed by atoms with Gasteiger partial charge < -0.3 is 14.5 Å². The van der Waals surface area contributed by atoms with Crippen molar-refractivity contribution in [3.05, 3.63) is 76.2 Å². The third-order valence-corrected chi connectivity index (χ3v) is 4.90. The minimum Gasteiger partial charge on any atom is -0.484 e. The lowest BCUT2D eigenvalue weighted by molar-refractivity contribution is -0.118. The minimum atomic E-state index is -0.274. The van der Waals surface area contributed by atoms with Crippen LogP contribution in [0.3, 0.4) is 0 Å². The third-order valence-electron chi connectivity index (χ3n) is 3.96. The Morgan fingerprint density at radius 3 is 2.68 bits per heavy atom. The van der Waals surface area contributed by atoms with Crippen molar-refractivity contribution in [3.8, 4) is 17.2 Å². The molecule has 0 fully saturated rings. The van der Waals surface area contributed by atoms with Crippen molar-refractivity contribution in [2.24, 2.45) is 0 Å². The number of halogens is 2. The second kappa shape index (κ2) is 8.04. The average molecular weight is 458 g/mol. The second-order valence-corrected chi connectivity index (χ2v) is 7.26. The van der Waals surface area contributed by atoms with Gasteiger partial charge in [-0.15, -0.1) is 0 Å². The van der Waals surface area contributed by atoms with Crippen LogP contribution in [0.15, 0.2) is 75.6 Å². The van der Waals surface area contributed by atoms with E-state index in [-0.39, 0.29) is 12.5 Å². The fraction of sp³-hybridized carbons (Fsp3) is 0.0476. The van der Waals surface area contributed by atoms with Gasteiger partial charge in [0.1, 0.15) is 11.3 Å². The largest absolute Gasteiger partial charge is 0.484 e. The fourth-order valence-electron chi connectivity index (χ4n) is 2.63. The molecular weight excluding hydrogens is 444 g/mol. The van der Waals surface area contributed by atoms with Crippen LogP contribution in [0.4, 0.5) is 5.69 Å². The lowest BCUT2D eigenvalue weighted by Gasteiger charge is -2.07. The molecule has 0 bridgehead atoms. The van der Waals surface area contributed by atoms with E-state index < -0.39 is 0 Å². The number of hydrogen-bond acceptors (Lipinski definition) is 4. The molecule has 4 rings (SSSR count). The van der Waals surface area contributed by atoms with Crippen LogP contribution >= 0.6 is 27.5 Å². The summed E-state index contributed by atoms with van der Waals surface area (Å²) in [5.41, 5.74) is 2.77. The van der Waals surface area contributed by atoms with Crippen molar-refractivity contribution >= 4 is 50.2 Å². The number of nitrogens with zero attached hydrogens (tertiary/aromatic N) is 1. The molecule has 0 atom stereocenters. The maximum atomic E-state index is 12.1. The molecule has 0 saturated carbocycles. The van der Waals surface area contributed by atoms with Gasteiger partial charge in [0, 0.05) is 15.2 Å². The molecule has 28 heavy (non-hydrogen) atoms. The molecule has 0 spiro atoms. The number of oxazole rings is 1. The molecule has 4 aromatic rings. The lowest BCUT2D eigenvalue weighted by Crippen LogP contribution is -2.20. The van der Waals surface area contributed by atoms with E-state index in [9.17, 15) is 4.79 Å². The summed E-state index contributed by atoms with van der Waals surface area (Å²) in [5.74, 6) is 0.811. The number of carbonyl (C=O) groups is 1. The Hall–Kier alpha value is -2.83.